The van der Waals surface area contributed by atoms with Crippen LogP contribution in [0.25, 0.3) is 0 Å². The van der Waals surface area contributed by atoms with Gasteiger partial charge >= 0.3 is 11.9 Å². The monoisotopic (exact) mass is 306 g/mol. The van der Waals surface area contributed by atoms with Gasteiger partial charge in [0.2, 0.25) is 0 Å². The van der Waals surface area contributed by atoms with Gasteiger partial charge in [-0.05, 0) is 31.7 Å². The summed E-state index contributed by atoms with van der Waals surface area (Å²) in [5.41, 5.74) is -0.0612. The zero-order valence-corrected chi connectivity index (χ0v) is 13.0. The van der Waals surface area contributed by atoms with Gasteiger partial charge in [0.25, 0.3) is 0 Å². The highest BCUT2D eigenvalue weighted by Gasteiger charge is 2.50. The number of hydrogen-bond acceptors (Lipinski definition) is 5. The van der Waals surface area contributed by atoms with Gasteiger partial charge in [-0.1, -0.05) is 30.3 Å². The van der Waals surface area contributed by atoms with E-state index in [0.717, 1.165) is 5.56 Å². The Balaban J connectivity index is 2.08. The number of ether oxygens (including phenoxy) is 2. The van der Waals surface area contributed by atoms with Crippen LogP contribution in [0.1, 0.15) is 31.7 Å². The molecule has 5 heteroatoms. The Labute approximate surface area is 130 Å². The van der Waals surface area contributed by atoms with E-state index in [9.17, 15) is 14.7 Å². The summed E-state index contributed by atoms with van der Waals surface area (Å²) < 4.78 is 10.2. The molecule has 0 bridgehead atoms. The smallest absolute Gasteiger partial charge is 0.312 e. The first-order valence-corrected chi connectivity index (χ1v) is 7.44. The Morgan fingerprint density at radius 1 is 1.32 bits per heavy atom. The number of aliphatic hydroxyl groups excluding tert-OH is 1. The van der Waals surface area contributed by atoms with Gasteiger partial charge in [0.15, 0.2) is 0 Å². The molecule has 1 N–H and O–H groups in total. The van der Waals surface area contributed by atoms with E-state index < -0.39 is 29.4 Å². The zero-order chi connectivity index (χ0) is 16.2. The predicted octanol–water partition coefficient (Wildman–Crippen LogP) is 2.07. The van der Waals surface area contributed by atoms with Crippen molar-refractivity contribution in [2.75, 3.05) is 7.11 Å². The molecule has 5 nitrogen and oxygen atoms in total. The van der Waals surface area contributed by atoms with E-state index >= 15 is 0 Å². The first kappa shape index (κ1) is 16.5. The lowest BCUT2D eigenvalue weighted by atomic mass is 9.66. The molecular formula is C17H22O5. The molecule has 0 aromatic heterocycles. The molecule has 120 valence electrons. The fourth-order valence-electron chi connectivity index (χ4n) is 2.95. The van der Waals surface area contributed by atoms with Crippen LogP contribution in [0.4, 0.5) is 0 Å². The van der Waals surface area contributed by atoms with Gasteiger partial charge in [0.05, 0.1) is 24.5 Å². The van der Waals surface area contributed by atoms with Gasteiger partial charge in [0, 0.05) is 0 Å². The van der Waals surface area contributed by atoms with E-state index in [1.54, 1.807) is 6.92 Å². The first-order chi connectivity index (χ1) is 10.5. The van der Waals surface area contributed by atoms with E-state index in [2.05, 4.69) is 0 Å². The summed E-state index contributed by atoms with van der Waals surface area (Å²) in [5.74, 6) is -1.58. The summed E-state index contributed by atoms with van der Waals surface area (Å²) in [6.45, 7) is 1.86. The number of benzene rings is 1. The second kappa shape index (κ2) is 6.92. The largest absolute Gasteiger partial charge is 0.469 e. The van der Waals surface area contributed by atoms with Gasteiger partial charge in [-0.25, -0.2) is 0 Å². The van der Waals surface area contributed by atoms with Crippen LogP contribution in [0.3, 0.4) is 0 Å². The Kier molecular flexibility index (Phi) is 5.19. The first-order valence-electron chi connectivity index (χ1n) is 7.44. The fourth-order valence-corrected chi connectivity index (χ4v) is 2.95. The van der Waals surface area contributed by atoms with Crippen LogP contribution in [0, 0.1) is 11.3 Å². The highest BCUT2D eigenvalue weighted by Crippen LogP contribution is 2.42. The Morgan fingerprint density at radius 2 is 2.00 bits per heavy atom. The van der Waals surface area contributed by atoms with E-state index in [0.29, 0.717) is 12.8 Å². The molecule has 2 rings (SSSR count). The number of hydrogen-bond donors (Lipinski definition) is 1. The molecular weight excluding hydrogens is 284 g/mol. The molecule has 0 aliphatic heterocycles. The Morgan fingerprint density at radius 3 is 2.64 bits per heavy atom. The van der Waals surface area contributed by atoms with Crippen LogP contribution in [-0.4, -0.2) is 30.3 Å². The Bertz CT molecular complexity index is 527. The van der Waals surface area contributed by atoms with Crippen molar-refractivity contribution < 1.29 is 24.2 Å². The average Bonchev–Trinajstić information content (AvgIpc) is 2.55. The predicted molar refractivity (Wildman–Crippen MR) is 79.7 cm³/mol. The maximum Gasteiger partial charge on any atom is 0.312 e. The van der Waals surface area contributed by atoms with Gasteiger partial charge in [0.1, 0.15) is 6.61 Å². The molecule has 1 fully saturated rings. The van der Waals surface area contributed by atoms with Crippen LogP contribution in [-0.2, 0) is 25.7 Å². The molecule has 2 unspecified atom stereocenters. The van der Waals surface area contributed by atoms with E-state index in [-0.39, 0.29) is 13.0 Å². The van der Waals surface area contributed by atoms with Crippen molar-refractivity contribution in [1.29, 1.82) is 0 Å². The number of esters is 2. The number of carbonyl (C=O) groups excluding carboxylic acids is 2. The van der Waals surface area contributed by atoms with E-state index in [4.69, 9.17) is 9.47 Å². The van der Waals surface area contributed by atoms with Gasteiger partial charge < -0.3 is 14.6 Å². The quantitative estimate of drug-likeness (QED) is 0.862. The van der Waals surface area contributed by atoms with Crippen molar-refractivity contribution in [3.8, 4) is 0 Å². The minimum atomic E-state index is -0.943. The third-order valence-corrected chi connectivity index (χ3v) is 4.43. The summed E-state index contributed by atoms with van der Waals surface area (Å²) in [7, 11) is 1.31. The topological polar surface area (TPSA) is 72.8 Å². The molecule has 1 aromatic rings. The molecule has 1 aliphatic carbocycles. The van der Waals surface area contributed by atoms with Crippen molar-refractivity contribution >= 4 is 11.9 Å². The van der Waals surface area contributed by atoms with Crippen molar-refractivity contribution in [3.63, 3.8) is 0 Å². The molecule has 22 heavy (non-hydrogen) atoms. The average molecular weight is 306 g/mol. The minimum absolute atomic E-state index is 0.156. The highest BCUT2D eigenvalue weighted by molar-refractivity contribution is 5.85. The van der Waals surface area contributed by atoms with Crippen LogP contribution < -0.4 is 0 Å². The fraction of sp³-hybridized carbons (Fsp3) is 0.529. The summed E-state index contributed by atoms with van der Waals surface area (Å²) >= 11 is 0. The summed E-state index contributed by atoms with van der Waals surface area (Å²) in [5, 5.41) is 9.84. The SMILES string of the molecule is COC(=O)[C@@]1(C)CCC(O)CC1C(=O)OCc1ccccc1. The third kappa shape index (κ3) is 3.47. The van der Waals surface area contributed by atoms with Crippen molar-refractivity contribution in [1.82, 2.24) is 0 Å². The van der Waals surface area contributed by atoms with Crippen molar-refractivity contribution in [2.24, 2.45) is 11.3 Å². The Hall–Kier alpha value is -1.88. The maximum absolute atomic E-state index is 12.4. The number of carbonyl (C=O) groups is 2. The molecule has 1 aliphatic rings. The van der Waals surface area contributed by atoms with E-state index in [1.807, 2.05) is 30.3 Å². The highest BCUT2D eigenvalue weighted by atomic mass is 16.5. The third-order valence-electron chi connectivity index (χ3n) is 4.43. The lowest BCUT2D eigenvalue weighted by Crippen LogP contribution is -2.47. The van der Waals surface area contributed by atoms with Gasteiger partial charge in [-0.3, -0.25) is 9.59 Å². The maximum atomic E-state index is 12.4. The van der Waals surface area contributed by atoms with Crippen LogP contribution >= 0.6 is 0 Å². The summed E-state index contributed by atoms with van der Waals surface area (Å²) in [6, 6.07) is 9.35. The second-order valence-electron chi connectivity index (χ2n) is 5.98. The molecule has 1 saturated carbocycles. The van der Waals surface area contributed by atoms with Gasteiger partial charge in [-0.2, -0.15) is 0 Å². The normalized spacial score (nSPS) is 28.0. The molecule has 3 atom stereocenters. The number of aliphatic hydroxyl groups is 1. The minimum Gasteiger partial charge on any atom is -0.469 e. The van der Waals surface area contributed by atoms with Crippen molar-refractivity contribution in [2.45, 2.75) is 38.9 Å². The van der Waals surface area contributed by atoms with E-state index in [1.165, 1.54) is 7.11 Å². The van der Waals surface area contributed by atoms with Crippen molar-refractivity contribution in [3.05, 3.63) is 35.9 Å². The lowest BCUT2D eigenvalue weighted by Gasteiger charge is -2.39. The number of rotatable bonds is 4. The standard InChI is InChI=1S/C17H22O5/c1-17(16(20)21-2)9-8-13(18)10-14(17)15(19)22-11-12-6-4-3-5-7-12/h3-7,13-14,18H,8-11H2,1-2H3/t13?,14?,17-/m0/s1. The van der Waals surface area contributed by atoms with Crippen LogP contribution in [0.15, 0.2) is 30.3 Å². The zero-order valence-electron chi connectivity index (χ0n) is 13.0. The molecule has 0 radical (unpaired) electrons. The summed E-state index contributed by atoms with van der Waals surface area (Å²) in [6.07, 6.45) is 0.520. The molecule has 0 spiro atoms. The van der Waals surface area contributed by atoms with Crippen LogP contribution in [0.5, 0.6) is 0 Å². The lowest BCUT2D eigenvalue weighted by molar-refractivity contribution is -0.173. The van der Waals surface area contributed by atoms with Gasteiger partial charge in [-0.15, -0.1) is 0 Å². The molecule has 0 heterocycles. The summed E-state index contributed by atoms with van der Waals surface area (Å²) in [4.78, 5) is 24.5. The molecule has 0 saturated heterocycles. The second-order valence-corrected chi connectivity index (χ2v) is 5.98. The molecule has 1 aromatic carbocycles. The molecule has 0 amide bonds. The van der Waals surface area contributed by atoms with Crippen LogP contribution in [0.2, 0.25) is 0 Å². The number of methoxy groups -OCH3 is 1.